The van der Waals surface area contributed by atoms with Crippen LogP contribution in [0.25, 0.3) is 10.9 Å². The molecule has 1 aliphatic rings. The second kappa shape index (κ2) is 5.48. The molecule has 2 amide bonds. The third-order valence-electron chi connectivity index (χ3n) is 3.66. The van der Waals surface area contributed by atoms with E-state index in [-0.39, 0.29) is 5.91 Å². The highest BCUT2D eigenvalue weighted by molar-refractivity contribution is 5.93. The maximum atomic E-state index is 12.4. The predicted octanol–water partition coefficient (Wildman–Crippen LogP) is 1.35. The third-order valence-corrected chi connectivity index (χ3v) is 3.66. The lowest BCUT2D eigenvalue weighted by atomic mass is 10.1. The standard InChI is InChI=1S/C16H15N3O3/c1-10-6-8-12(15(21)17-10)18-16(22)19-13-5-3-2-4-11(13)7-9-14(19)20/h2-5,7,9,12H,1,6,8H2,(H,17,21)(H,18,22). The van der Waals surface area contributed by atoms with E-state index in [1.165, 1.54) is 6.07 Å². The van der Waals surface area contributed by atoms with Gasteiger partial charge >= 0.3 is 6.03 Å². The average molecular weight is 297 g/mol. The number of pyridine rings is 1. The van der Waals surface area contributed by atoms with E-state index in [1.807, 2.05) is 12.1 Å². The van der Waals surface area contributed by atoms with Gasteiger partial charge in [0.15, 0.2) is 0 Å². The highest BCUT2D eigenvalue weighted by Crippen LogP contribution is 2.13. The molecule has 0 radical (unpaired) electrons. The number of rotatable bonds is 1. The number of benzene rings is 1. The smallest absolute Gasteiger partial charge is 0.329 e. The van der Waals surface area contributed by atoms with Crippen LogP contribution in [0.5, 0.6) is 0 Å². The highest BCUT2D eigenvalue weighted by atomic mass is 16.2. The summed E-state index contributed by atoms with van der Waals surface area (Å²) >= 11 is 0. The average Bonchev–Trinajstić information content (AvgIpc) is 2.50. The zero-order valence-electron chi connectivity index (χ0n) is 11.8. The maximum Gasteiger partial charge on any atom is 0.329 e. The summed E-state index contributed by atoms with van der Waals surface area (Å²) in [7, 11) is 0. The minimum Gasteiger partial charge on any atom is -0.329 e. The van der Waals surface area contributed by atoms with E-state index in [9.17, 15) is 14.4 Å². The molecule has 6 heteroatoms. The van der Waals surface area contributed by atoms with Crippen LogP contribution in [-0.4, -0.2) is 22.5 Å². The van der Waals surface area contributed by atoms with Gasteiger partial charge in [0.25, 0.3) is 5.56 Å². The molecular formula is C16H15N3O3. The van der Waals surface area contributed by atoms with Gasteiger partial charge in [-0.1, -0.05) is 24.8 Å². The molecule has 1 atom stereocenters. The Morgan fingerprint density at radius 2 is 2.00 bits per heavy atom. The van der Waals surface area contributed by atoms with Crippen LogP contribution in [-0.2, 0) is 4.79 Å². The molecule has 1 aromatic heterocycles. The van der Waals surface area contributed by atoms with E-state index in [0.29, 0.717) is 24.1 Å². The number of allylic oxidation sites excluding steroid dienone is 1. The fourth-order valence-corrected chi connectivity index (χ4v) is 2.52. The number of hydrogen-bond donors (Lipinski definition) is 2. The molecule has 1 unspecified atom stereocenters. The second-order valence-electron chi connectivity index (χ2n) is 5.20. The summed E-state index contributed by atoms with van der Waals surface area (Å²) in [5, 5.41) is 5.99. The molecule has 1 aliphatic heterocycles. The minimum atomic E-state index is -0.663. The molecule has 0 spiro atoms. The van der Waals surface area contributed by atoms with Crippen molar-refractivity contribution in [1.29, 1.82) is 0 Å². The first-order valence-electron chi connectivity index (χ1n) is 6.96. The first kappa shape index (κ1) is 14.1. The van der Waals surface area contributed by atoms with Crippen LogP contribution in [0, 0.1) is 0 Å². The Balaban J connectivity index is 1.93. The zero-order chi connectivity index (χ0) is 15.7. The number of hydrogen-bond acceptors (Lipinski definition) is 3. The first-order valence-corrected chi connectivity index (χ1v) is 6.96. The minimum absolute atomic E-state index is 0.308. The lowest BCUT2D eigenvalue weighted by molar-refractivity contribution is -0.123. The van der Waals surface area contributed by atoms with Gasteiger partial charge in [0.1, 0.15) is 6.04 Å². The normalized spacial score (nSPS) is 18.1. The Morgan fingerprint density at radius 3 is 2.77 bits per heavy atom. The third kappa shape index (κ3) is 2.50. The Bertz CT molecular complexity index is 838. The van der Waals surface area contributed by atoms with Crippen molar-refractivity contribution in [1.82, 2.24) is 15.2 Å². The molecule has 2 aromatic rings. The molecule has 2 heterocycles. The quantitative estimate of drug-likeness (QED) is 0.834. The summed E-state index contributed by atoms with van der Waals surface area (Å²) in [6.07, 6.45) is 1.07. The van der Waals surface area contributed by atoms with Crippen molar-refractivity contribution < 1.29 is 9.59 Å². The molecule has 3 rings (SSSR count). The van der Waals surface area contributed by atoms with Crippen molar-refractivity contribution in [2.45, 2.75) is 18.9 Å². The predicted molar refractivity (Wildman–Crippen MR) is 82.4 cm³/mol. The highest BCUT2D eigenvalue weighted by Gasteiger charge is 2.26. The van der Waals surface area contributed by atoms with Gasteiger partial charge in [-0.3, -0.25) is 9.59 Å². The summed E-state index contributed by atoms with van der Waals surface area (Å²) in [6.45, 7) is 3.69. The molecule has 0 aliphatic carbocycles. The topological polar surface area (TPSA) is 80.2 Å². The number of fused-ring (bicyclic) bond motifs is 1. The zero-order valence-corrected chi connectivity index (χ0v) is 11.8. The number of piperidine rings is 1. The summed E-state index contributed by atoms with van der Waals surface area (Å²) in [4.78, 5) is 36.3. The van der Waals surface area contributed by atoms with Gasteiger partial charge < -0.3 is 10.6 Å². The monoisotopic (exact) mass is 297 g/mol. The van der Waals surface area contributed by atoms with E-state index in [2.05, 4.69) is 17.2 Å². The Hall–Kier alpha value is -2.89. The largest absolute Gasteiger partial charge is 0.329 e. The van der Waals surface area contributed by atoms with E-state index in [1.54, 1.807) is 18.2 Å². The van der Waals surface area contributed by atoms with Crippen molar-refractivity contribution in [2.75, 3.05) is 0 Å². The number of nitrogens with one attached hydrogen (secondary N) is 2. The maximum absolute atomic E-state index is 12.4. The van der Waals surface area contributed by atoms with Crippen LogP contribution in [0.15, 0.2) is 53.5 Å². The molecular weight excluding hydrogens is 282 g/mol. The van der Waals surface area contributed by atoms with E-state index >= 15 is 0 Å². The van der Waals surface area contributed by atoms with E-state index in [0.717, 1.165) is 9.95 Å². The fourth-order valence-electron chi connectivity index (χ4n) is 2.52. The van der Waals surface area contributed by atoms with Crippen molar-refractivity contribution in [3.63, 3.8) is 0 Å². The van der Waals surface area contributed by atoms with Crippen LogP contribution in [0.4, 0.5) is 4.79 Å². The van der Waals surface area contributed by atoms with Crippen LogP contribution >= 0.6 is 0 Å². The van der Waals surface area contributed by atoms with Gasteiger partial charge in [-0.15, -0.1) is 0 Å². The summed E-state index contributed by atoms with van der Waals surface area (Å²) in [6, 6.07) is 8.83. The van der Waals surface area contributed by atoms with Crippen molar-refractivity contribution in [2.24, 2.45) is 0 Å². The van der Waals surface area contributed by atoms with Gasteiger partial charge in [-0.2, -0.15) is 0 Å². The first-order chi connectivity index (χ1) is 10.6. The van der Waals surface area contributed by atoms with Crippen LogP contribution in [0.1, 0.15) is 12.8 Å². The summed E-state index contributed by atoms with van der Waals surface area (Å²) < 4.78 is 1.05. The molecule has 6 nitrogen and oxygen atoms in total. The molecule has 2 N–H and O–H groups in total. The number of amides is 2. The summed E-state index contributed by atoms with van der Waals surface area (Å²) in [5.41, 5.74) is 0.711. The number of para-hydroxylation sites is 1. The van der Waals surface area contributed by atoms with Gasteiger partial charge in [-0.25, -0.2) is 9.36 Å². The van der Waals surface area contributed by atoms with Gasteiger partial charge in [0.05, 0.1) is 5.52 Å². The Morgan fingerprint density at radius 1 is 1.23 bits per heavy atom. The molecule has 0 saturated carbocycles. The number of carbonyl (C=O) groups is 2. The van der Waals surface area contributed by atoms with Crippen LogP contribution < -0.4 is 16.2 Å². The van der Waals surface area contributed by atoms with Crippen LogP contribution in [0.3, 0.4) is 0 Å². The van der Waals surface area contributed by atoms with Gasteiger partial charge in [0.2, 0.25) is 5.91 Å². The lowest BCUT2D eigenvalue weighted by Crippen LogP contribution is -2.51. The lowest BCUT2D eigenvalue weighted by Gasteiger charge is -2.24. The fraction of sp³-hybridized carbons (Fsp3) is 0.188. The number of nitrogens with zero attached hydrogens (tertiary/aromatic N) is 1. The van der Waals surface area contributed by atoms with Gasteiger partial charge in [0, 0.05) is 11.8 Å². The molecule has 0 bridgehead atoms. The van der Waals surface area contributed by atoms with E-state index in [4.69, 9.17) is 0 Å². The Labute approximate surface area is 126 Å². The number of aromatic nitrogens is 1. The molecule has 1 saturated heterocycles. The van der Waals surface area contributed by atoms with Crippen LogP contribution in [0.2, 0.25) is 0 Å². The Kier molecular flexibility index (Phi) is 3.50. The molecule has 1 aromatic carbocycles. The SMILES string of the molecule is C=C1CCC(NC(=O)n2c(=O)ccc3ccccc32)C(=O)N1. The van der Waals surface area contributed by atoms with Crippen molar-refractivity contribution >= 4 is 22.8 Å². The van der Waals surface area contributed by atoms with Crippen molar-refractivity contribution in [3.05, 3.63) is 59.0 Å². The molecule has 22 heavy (non-hydrogen) atoms. The van der Waals surface area contributed by atoms with E-state index < -0.39 is 17.6 Å². The molecule has 112 valence electrons. The molecule has 1 fully saturated rings. The van der Waals surface area contributed by atoms with Gasteiger partial charge in [-0.05, 0) is 30.4 Å². The second-order valence-corrected chi connectivity index (χ2v) is 5.20. The van der Waals surface area contributed by atoms with Crippen molar-refractivity contribution in [3.8, 4) is 0 Å². The summed E-state index contributed by atoms with van der Waals surface area (Å²) in [5.74, 6) is -0.308. The number of carbonyl (C=O) groups excluding carboxylic acids is 2.